The molecule has 1 saturated heterocycles. The molecule has 0 unspecified atom stereocenters. The first kappa shape index (κ1) is 15.0. The van der Waals surface area contributed by atoms with Gasteiger partial charge in [0.1, 0.15) is 0 Å². The lowest BCUT2D eigenvalue weighted by Crippen LogP contribution is -2.32. The van der Waals surface area contributed by atoms with Crippen molar-refractivity contribution in [2.45, 2.75) is 12.8 Å². The predicted octanol–water partition coefficient (Wildman–Crippen LogP) is 2.21. The molecule has 0 radical (unpaired) electrons. The van der Waals surface area contributed by atoms with Gasteiger partial charge in [-0.25, -0.2) is 0 Å². The Hall–Kier alpha value is -1.36. The highest BCUT2D eigenvalue weighted by Crippen LogP contribution is 2.23. The highest BCUT2D eigenvalue weighted by molar-refractivity contribution is 7.99. The third-order valence-corrected chi connectivity index (χ3v) is 4.69. The molecule has 1 heterocycles. The highest BCUT2D eigenvalue weighted by Gasteiger charge is 2.17. The smallest absolute Gasteiger partial charge is 0.253 e. The molecule has 20 heavy (non-hydrogen) atoms. The molecule has 1 fully saturated rings. The van der Waals surface area contributed by atoms with E-state index in [1.807, 2.05) is 42.9 Å². The molecule has 1 aliphatic heterocycles. The van der Waals surface area contributed by atoms with Crippen LogP contribution in [0.4, 0.5) is 11.4 Å². The Bertz CT molecular complexity index is 470. The Balaban J connectivity index is 2.02. The molecule has 0 atom stereocenters. The number of nitrogens with two attached hydrogens (primary N) is 1. The average molecular weight is 293 g/mol. The van der Waals surface area contributed by atoms with Crippen molar-refractivity contribution in [1.82, 2.24) is 5.32 Å². The Morgan fingerprint density at radius 2 is 2.10 bits per heavy atom. The molecule has 1 amide bonds. The highest BCUT2D eigenvalue weighted by atomic mass is 32.2. The Morgan fingerprint density at radius 1 is 1.40 bits per heavy atom. The van der Waals surface area contributed by atoms with Crippen LogP contribution in [0.15, 0.2) is 18.2 Å². The fraction of sp³-hybridized carbons (Fsp3) is 0.533. The van der Waals surface area contributed by atoms with Crippen LogP contribution in [-0.2, 0) is 0 Å². The van der Waals surface area contributed by atoms with E-state index >= 15 is 0 Å². The topological polar surface area (TPSA) is 58.4 Å². The number of nitrogen functional groups attached to an aromatic ring is 1. The number of anilines is 2. The maximum Gasteiger partial charge on any atom is 0.253 e. The van der Waals surface area contributed by atoms with Crippen LogP contribution < -0.4 is 16.0 Å². The molecule has 3 N–H and O–H groups in total. The summed E-state index contributed by atoms with van der Waals surface area (Å²) in [4.78, 5) is 14.3. The summed E-state index contributed by atoms with van der Waals surface area (Å²) in [6, 6.07) is 5.47. The zero-order valence-electron chi connectivity index (χ0n) is 12.2. The number of carbonyl (C=O) groups is 1. The maximum absolute atomic E-state index is 12.4. The lowest BCUT2D eigenvalue weighted by molar-refractivity contribution is 0.0947. The van der Waals surface area contributed by atoms with E-state index in [1.54, 1.807) is 6.07 Å². The van der Waals surface area contributed by atoms with Crippen molar-refractivity contribution in [3.05, 3.63) is 23.8 Å². The molecule has 0 bridgehead atoms. The number of nitrogens with one attached hydrogen (secondary N) is 1. The quantitative estimate of drug-likeness (QED) is 0.836. The molecule has 5 heteroatoms. The van der Waals surface area contributed by atoms with Gasteiger partial charge in [0.15, 0.2) is 0 Å². The number of rotatable bonds is 4. The van der Waals surface area contributed by atoms with E-state index in [0.717, 1.165) is 12.2 Å². The molecule has 1 aromatic carbocycles. The van der Waals surface area contributed by atoms with Gasteiger partial charge in [-0.3, -0.25) is 4.79 Å². The molecule has 2 rings (SSSR count). The third-order valence-electron chi connectivity index (χ3n) is 3.64. The first-order chi connectivity index (χ1) is 9.58. The summed E-state index contributed by atoms with van der Waals surface area (Å²) in [5.41, 5.74) is 7.98. The minimum Gasteiger partial charge on any atom is -0.399 e. The monoisotopic (exact) mass is 293 g/mol. The van der Waals surface area contributed by atoms with Crippen LogP contribution in [0.2, 0.25) is 0 Å². The Morgan fingerprint density at radius 3 is 2.75 bits per heavy atom. The second-order valence-corrected chi connectivity index (χ2v) is 6.66. The van der Waals surface area contributed by atoms with E-state index in [1.165, 1.54) is 24.3 Å². The molecule has 4 nitrogen and oxygen atoms in total. The minimum atomic E-state index is -0.0285. The number of hydrogen-bond acceptors (Lipinski definition) is 4. The Kier molecular flexibility index (Phi) is 5.17. The number of benzene rings is 1. The van der Waals surface area contributed by atoms with Crippen LogP contribution in [-0.4, -0.2) is 38.1 Å². The second-order valence-electron chi connectivity index (χ2n) is 5.44. The molecular weight excluding hydrogens is 270 g/mol. The first-order valence-electron chi connectivity index (χ1n) is 7.00. The van der Waals surface area contributed by atoms with Gasteiger partial charge < -0.3 is 16.0 Å². The summed E-state index contributed by atoms with van der Waals surface area (Å²) in [6.45, 7) is 0.765. The lowest BCUT2D eigenvalue weighted by Gasteiger charge is -2.22. The van der Waals surface area contributed by atoms with Gasteiger partial charge in [0, 0.05) is 32.0 Å². The van der Waals surface area contributed by atoms with Crippen molar-refractivity contribution in [2.75, 3.05) is 42.8 Å². The summed E-state index contributed by atoms with van der Waals surface area (Å²) in [5, 5.41) is 3.06. The third kappa shape index (κ3) is 3.82. The molecule has 1 aromatic rings. The number of hydrogen-bond donors (Lipinski definition) is 2. The van der Waals surface area contributed by atoms with Crippen LogP contribution in [0.5, 0.6) is 0 Å². The van der Waals surface area contributed by atoms with Gasteiger partial charge in [-0.1, -0.05) is 0 Å². The van der Waals surface area contributed by atoms with Gasteiger partial charge >= 0.3 is 0 Å². The summed E-state index contributed by atoms with van der Waals surface area (Å²) < 4.78 is 0. The van der Waals surface area contributed by atoms with E-state index < -0.39 is 0 Å². The van der Waals surface area contributed by atoms with Gasteiger partial charge in [0.25, 0.3) is 5.91 Å². The van der Waals surface area contributed by atoms with Crippen molar-refractivity contribution in [2.24, 2.45) is 5.92 Å². The molecule has 0 spiro atoms. The van der Waals surface area contributed by atoms with Gasteiger partial charge in [0.2, 0.25) is 0 Å². The van der Waals surface area contributed by atoms with Crippen LogP contribution in [0.1, 0.15) is 23.2 Å². The van der Waals surface area contributed by atoms with E-state index in [0.29, 0.717) is 17.2 Å². The van der Waals surface area contributed by atoms with Gasteiger partial charge in [-0.05, 0) is 48.5 Å². The molecular formula is C15H23N3OS. The number of thioether (sulfide) groups is 1. The van der Waals surface area contributed by atoms with E-state index in [4.69, 9.17) is 5.73 Å². The van der Waals surface area contributed by atoms with Crippen LogP contribution >= 0.6 is 11.8 Å². The van der Waals surface area contributed by atoms with Crippen molar-refractivity contribution in [3.63, 3.8) is 0 Å². The SMILES string of the molecule is CN(C)c1ccc(N)cc1C(=O)NCC1CCSCC1. The minimum absolute atomic E-state index is 0.0285. The Labute approximate surface area is 125 Å². The molecule has 0 aromatic heterocycles. The first-order valence-corrected chi connectivity index (χ1v) is 8.16. The van der Waals surface area contributed by atoms with Gasteiger partial charge in [-0.15, -0.1) is 0 Å². The van der Waals surface area contributed by atoms with Gasteiger partial charge in [0.05, 0.1) is 5.56 Å². The van der Waals surface area contributed by atoms with E-state index in [-0.39, 0.29) is 5.91 Å². The lowest BCUT2D eigenvalue weighted by atomic mass is 10.0. The zero-order chi connectivity index (χ0) is 14.5. The standard InChI is InChI=1S/C15H23N3OS/c1-18(2)14-4-3-12(16)9-13(14)15(19)17-10-11-5-7-20-8-6-11/h3-4,9,11H,5-8,10,16H2,1-2H3,(H,17,19). The zero-order valence-corrected chi connectivity index (χ0v) is 13.0. The van der Waals surface area contributed by atoms with Crippen molar-refractivity contribution >= 4 is 29.0 Å². The maximum atomic E-state index is 12.4. The molecule has 110 valence electrons. The molecule has 0 aliphatic carbocycles. The van der Waals surface area contributed by atoms with Crippen molar-refractivity contribution in [1.29, 1.82) is 0 Å². The largest absolute Gasteiger partial charge is 0.399 e. The predicted molar refractivity (Wildman–Crippen MR) is 87.6 cm³/mol. The summed E-state index contributed by atoms with van der Waals surface area (Å²) >= 11 is 2.00. The molecule has 0 saturated carbocycles. The van der Waals surface area contributed by atoms with Crippen molar-refractivity contribution in [3.8, 4) is 0 Å². The number of nitrogens with zero attached hydrogens (tertiary/aromatic N) is 1. The van der Waals surface area contributed by atoms with Crippen molar-refractivity contribution < 1.29 is 4.79 Å². The fourth-order valence-electron chi connectivity index (χ4n) is 2.41. The summed E-state index contributed by atoms with van der Waals surface area (Å²) in [6.07, 6.45) is 2.39. The van der Waals surface area contributed by atoms with Gasteiger partial charge in [-0.2, -0.15) is 11.8 Å². The number of carbonyl (C=O) groups excluding carboxylic acids is 1. The van der Waals surface area contributed by atoms with Crippen LogP contribution in [0.3, 0.4) is 0 Å². The van der Waals surface area contributed by atoms with Crippen LogP contribution in [0.25, 0.3) is 0 Å². The summed E-state index contributed by atoms with van der Waals surface area (Å²) in [7, 11) is 3.86. The van der Waals surface area contributed by atoms with Crippen LogP contribution in [0, 0.1) is 5.92 Å². The van der Waals surface area contributed by atoms with E-state index in [9.17, 15) is 4.79 Å². The summed E-state index contributed by atoms with van der Waals surface area (Å²) in [5.74, 6) is 3.01. The number of amides is 1. The fourth-order valence-corrected chi connectivity index (χ4v) is 3.61. The molecule has 1 aliphatic rings. The average Bonchev–Trinajstić information content (AvgIpc) is 2.45. The second kappa shape index (κ2) is 6.88. The van der Waals surface area contributed by atoms with E-state index in [2.05, 4.69) is 5.32 Å². The normalized spacial score (nSPS) is 15.9.